The molecular weight excluding hydrogens is 238 g/mol. The molecule has 0 unspecified atom stereocenters. The smallest absolute Gasteiger partial charge is 0.205 e. The molecule has 1 aromatic rings. The lowest BCUT2D eigenvalue weighted by atomic mass is 10.0. The topological polar surface area (TPSA) is 56.1 Å². The Bertz CT molecular complexity index is 522. The number of hydrogen-bond donors (Lipinski definition) is 1. The van der Waals surface area contributed by atoms with Gasteiger partial charge in [-0.3, -0.25) is 4.79 Å². The summed E-state index contributed by atoms with van der Waals surface area (Å²) in [5.74, 6) is -0.195. The van der Waals surface area contributed by atoms with Gasteiger partial charge in [-0.05, 0) is 6.92 Å². The molecule has 2 rings (SSSR count). The van der Waals surface area contributed by atoms with Crippen molar-refractivity contribution in [2.24, 2.45) is 0 Å². The largest absolute Gasteiger partial charge is 0.371 e. The van der Waals surface area contributed by atoms with Crippen LogP contribution in [0.15, 0.2) is 41.6 Å². The summed E-state index contributed by atoms with van der Waals surface area (Å²) in [7, 11) is 0. The van der Waals surface area contributed by atoms with Crippen LogP contribution in [0.5, 0.6) is 0 Å². The van der Waals surface area contributed by atoms with Gasteiger partial charge in [0, 0.05) is 37.4 Å². The minimum absolute atomic E-state index is 0.195. The third-order valence-electron chi connectivity index (χ3n) is 3.33. The second-order valence-electron chi connectivity index (χ2n) is 4.50. The molecule has 0 amide bonds. The normalized spacial score (nSPS) is 16.5. The van der Waals surface area contributed by atoms with Crippen molar-refractivity contribution in [2.75, 3.05) is 26.2 Å². The van der Waals surface area contributed by atoms with E-state index in [1.54, 1.807) is 12.1 Å². The summed E-state index contributed by atoms with van der Waals surface area (Å²) in [6, 6.07) is 11.0. The van der Waals surface area contributed by atoms with Crippen LogP contribution in [0, 0.1) is 11.3 Å². The first-order chi connectivity index (χ1) is 9.24. The van der Waals surface area contributed by atoms with Gasteiger partial charge in [0.2, 0.25) is 5.78 Å². The lowest BCUT2D eigenvalue weighted by Crippen LogP contribution is -2.42. The van der Waals surface area contributed by atoms with E-state index >= 15 is 0 Å². The van der Waals surface area contributed by atoms with Crippen LogP contribution >= 0.6 is 0 Å². The average molecular weight is 255 g/mol. The molecule has 0 saturated carbocycles. The fraction of sp³-hybridized carbons (Fsp3) is 0.333. The second-order valence-corrected chi connectivity index (χ2v) is 4.50. The predicted octanol–water partition coefficient (Wildman–Crippen LogP) is 1.57. The Morgan fingerprint density at radius 3 is 2.47 bits per heavy atom. The fourth-order valence-corrected chi connectivity index (χ4v) is 2.19. The summed E-state index contributed by atoms with van der Waals surface area (Å²) in [5.41, 5.74) is 1.58. The van der Waals surface area contributed by atoms with Gasteiger partial charge < -0.3 is 10.2 Å². The van der Waals surface area contributed by atoms with E-state index in [1.165, 1.54) is 0 Å². The van der Waals surface area contributed by atoms with Gasteiger partial charge in [-0.25, -0.2) is 0 Å². The predicted molar refractivity (Wildman–Crippen MR) is 73.5 cm³/mol. The number of nitriles is 1. The van der Waals surface area contributed by atoms with Crippen molar-refractivity contribution in [1.82, 2.24) is 10.2 Å². The van der Waals surface area contributed by atoms with Gasteiger partial charge in [0.1, 0.15) is 11.6 Å². The minimum Gasteiger partial charge on any atom is -0.371 e. The third kappa shape index (κ3) is 3.01. The second kappa shape index (κ2) is 6.17. The van der Waals surface area contributed by atoms with Gasteiger partial charge in [-0.1, -0.05) is 30.3 Å². The van der Waals surface area contributed by atoms with Gasteiger partial charge in [0.15, 0.2) is 0 Å². The highest BCUT2D eigenvalue weighted by Gasteiger charge is 2.19. The zero-order valence-corrected chi connectivity index (χ0v) is 11.0. The molecule has 19 heavy (non-hydrogen) atoms. The van der Waals surface area contributed by atoms with Crippen molar-refractivity contribution >= 4 is 5.78 Å². The maximum atomic E-state index is 12.3. The van der Waals surface area contributed by atoms with Gasteiger partial charge in [-0.2, -0.15) is 5.26 Å². The lowest BCUT2D eigenvalue weighted by molar-refractivity contribution is 0.103. The van der Waals surface area contributed by atoms with Crippen molar-refractivity contribution in [3.63, 3.8) is 0 Å². The summed E-state index contributed by atoms with van der Waals surface area (Å²) >= 11 is 0. The van der Waals surface area contributed by atoms with Crippen LogP contribution in [-0.2, 0) is 0 Å². The molecule has 1 fully saturated rings. The minimum atomic E-state index is -0.195. The molecule has 0 atom stereocenters. The quantitative estimate of drug-likeness (QED) is 0.506. The molecule has 1 aromatic carbocycles. The number of ketones is 1. The van der Waals surface area contributed by atoms with Crippen molar-refractivity contribution in [1.29, 1.82) is 5.26 Å². The Labute approximate surface area is 113 Å². The first-order valence-electron chi connectivity index (χ1n) is 6.40. The Hall–Kier alpha value is -2.12. The number of rotatable bonds is 3. The van der Waals surface area contributed by atoms with E-state index in [9.17, 15) is 10.1 Å². The SMILES string of the molecule is C/C(=C(/C#N)C(=O)c1ccccc1)N1CCNCC1. The number of benzene rings is 1. The van der Waals surface area contributed by atoms with Crippen molar-refractivity contribution in [3.05, 3.63) is 47.2 Å². The zero-order chi connectivity index (χ0) is 13.7. The number of carbonyl (C=O) groups is 1. The van der Waals surface area contributed by atoms with Crippen LogP contribution in [0.25, 0.3) is 0 Å². The first kappa shape index (κ1) is 13.3. The van der Waals surface area contributed by atoms with E-state index < -0.39 is 0 Å². The third-order valence-corrected chi connectivity index (χ3v) is 3.33. The number of carbonyl (C=O) groups excluding carboxylic acids is 1. The highest BCUT2D eigenvalue weighted by molar-refractivity contribution is 6.11. The molecule has 0 radical (unpaired) electrons. The molecule has 1 saturated heterocycles. The lowest BCUT2D eigenvalue weighted by Gasteiger charge is -2.30. The van der Waals surface area contributed by atoms with Crippen LogP contribution in [0.1, 0.15) is 17.3 Å². The zero-order valence-electron chi connectivity index (χ0n) is 11.0. The van der Waals surface area contributed by atoms with Crippen LogP contribution in [-0.4, -0.2) is 36.9 Å². The number of allylic oxidation sites excluding steroid dienone is 2. The van der Waals surface area contributed by atoms with Crippen LogP contribution < -0.4 is 5.32 Å². The van der Waals surface area contributed by atoms with Crippen molar-refractivity contribution in [2.45, 2.75) is 6.92 Å². The molecule has 0 aliphatic carbocycles. The van der Waals surface area contributed by atoms with Crippen LogP contribution in [0.2, 0.25) is 0 Å². The molecule has 1 aliphatic rings. The van der Waals surface area contributed by atoms with Crippen molar-refractivity contribution in [3.8, 4) is 6.07 Å². The molecule has 0 bridgehead atoms. The maximum absolute atomic E-state index is 12.3. The van der Waals surface area contributed by atoms with E-state index in [2.05, 4.69) is 16.3 Å². The fourth-order valence-electron chi connectivity index (χ4n) is 2.19. The molecule has 0 aromatic heterocycles. The van der Waals surface area contributed by atoms with E-state index in [4.69, 9.17) is 0 Å². The van der Waals surface area contributed by atoms with Gasteiger partial charge in [-0.15, -0.1) is 0 Å². The van der Waals surface area contributed by atoms with Crippen LogP contribution in [0.3, 0.4) is 0 Å². The monoisotopic (exact) mass is 255 g/mol. The summed E-state index contributed by atoms with van der Waals surface area (Å²) in [4.78, 5) is 14.4. The van der Waals surface area contributed by atoms with E-state index in [-0.39, 0.29) is 11.4 Å². The number of nitrogens with one attached hydrogen (secondary N) is 1. The molecule has 4 nitrogen and oxygen atoms in total. The summed E-state index contributed by atoms with van der Waals surface area (Å²) in [6.07, 6.45) is 0. The molecule has 1 N–H and O–H groups in total. The number of nitrogens with zero attached hydrogens (tertiary/aromatic N) is 2. The number of piperazine rings is 1. The van der Waals surface area contributed by atoms with Crippen LogP contribution in [0.4, 0.5) is 0 Å². The van der Waals surface area contributed by atoms with Gasteiger partial charge in [0.05, 0.1) is 0 Å². The first-order valence-corrected chi connectivity index (χ1v) is 6.40. The highest BCUT2D eigenvalue weighted by atomic mass is 16.1. The highest BCUT2D eigenvalue weighted by Crippen LogP contribution is 2.15. The summed E-state index contributed by atoms with van der Waals surface area (Å²) < 4.78 is 0. The Balaban J connectivity index is 2.28. The van der Waals surface area contributed by atoms with Crippen molar-refractivity contribution < 1.29 is 4.79 Å². The number of Topliss-reactive ketones (excluding diaryl/α,β-unsaturated/α-hetero) is 1. The molecule has 0 spiro atoms. The Morgan fingerprint density at radius 1 is 1.26 bits per heavy atom. The molecule has 4 heteroatoms. The standard InChI is InChI=1S/C15H17N3O/c1-12(18-9-7-17-8-10-18)14(11-16)15(19)13-5-3-2-4-6-13/h2-6,17H,7-10H2,1H3/b14-12+. The van der Waals surface area contributed by atoms with E-state index in [1.807, 2.05) is 25.1 Å². The van der Waals surface area contributed by atoms with Gasteiger partial charge >= 0.3 is 0 Å². The maximum Gasteiger partial charge on any atom is 0.205 e. The number of hydrogen-bond acceptors (Lipinski definition) is 4. The van der Waals surface area contributed by atoms with E-state index in [0.717, 1.165) is 31.9 Å². The molecule has 98 valence electrons. The Morgan fingerprint density at radius 2 is 1.89 bits per heavy atom. The summed E-state index contributed by atoms with van der Waals surface area (Å²) in [6.45, 7) is 5.29. The van der Waals surface area contributed by atoms with E-state index in [0.29, 0.717) is 5.56 Å². The molecule has 1 heterocycles. The molecule has 1 aliphatic heterocycles. The average Bonchev–Trinajstić information content (AvgIpc) is 2.49. The molecular formula is C15H17N3O. The Kier molecular flexibility index (Phi) is 4.32. The summed E-state index contributed by atoms with van der Waals surface area (Å²) in [5, 5.41) is 12.5. The van der Waals surface area contributed by atoms with Gasteiger partial charge in [0.25, 0.3) is 0 Å².